The van der Waals surface area contributed by atoms with Crippen LogP contribution in [0, 0.1) is 5.92 Å². The molecule has 0 unspecified atom stereocenters. The Bertz CT molecular complexity index is 893. The molecule has 7 heteroatoms. The first-order valence-corrected chi connectivity index (χ1v) is 10.7. The quantitative estimate of drug-likeness (QED) is 0.696. The van der Waals surface area contributed by atoms with Crippen molar-refractivity contribution in [1.29, 1.82) is 0 Å². The highest BCUT2D eigenvalue weighted by Crippen LogP contribution is 2.21. The first kappa shape index (κ1) is 21.9. The van der Waals surface area contributed by atoms with Crippen LogP contribution in [-0.4, -0.2) is 35.0 Å². The molecule has 0 fully saturated rings. The molecule has 152 valence electrons. The third-order valence-corrected chi connectivity index (χ3v) is 5.80. The molecule has 0 heterocycles. The first-order valence-electron chi connectivity index (χ1n) is 9.22. The smallest absolute Gasteiger partial charge is 0.240 e. The Morgan fingerprint density at radius 3 is 2.43 bits per heavy atom. The van der Waals surface area contributed by atoms with E-state index in [9.17, 15) is 13.2 Å². The van der Waals surface area contributed by atoms with Crippen molar-refractivity contribution >= 4 is 21.6 Å². The first-order chi connectivity index (χ1) is 13.2. The summed E-state index contributed by atoms with van der Waals surface area (Å²) in [4.78, 5) is 14.3. The van der Waals surface area contributed by atoms with Gasteiger partial charge in [-0.2, -0.15) is 0 Å². The molecule has 0 spiro atoms. The fraction of sp³-hybridized carbons (Fsp3) is 0.381. The van der Waals surface area contributed by atoms with Gasteiger partial charge >= 0.3 is 0 Å². The van der Waals surface area contributed by atoms with E-state index in [1.54, 1.807) is 43.3 Å². The van der Waals surface area contributed by atoms with Gasteiger partial charge in [0.15, 0.2) is 0 Å². The predicted molar refractivity (Wildman–Crippen MR) is 111 cm³/mol. The Hall–Kier alpha value is -2.38. The van der Waals surface area contributed by atoms with E-state index >= 15 is 0 Å². The average molecular weight is 405 g/mol. The van der Waals surface area contributed by atoms with E-state index < -0.39 is 10.0 Å². The average Bonchev–Trinajstić information content (AvgIpc) is 2.70. The molecule has 6 nitrogen and oxygen atoms in total. The Morgan fingerprint density at radius 2 is 1.82 bits per heavy atom. The van der Waals surface area contributed by atoms with Crippen molar-refractivity contribution in [1.82, 2.24) is 4.72 Å². The minimum absolute atomic E-state index is 0.0245. The van der Waals surface area contributed by atoms with Gasteiger partial charge in [-0.05, 0) is 42.2 Å². The second kappa shape index (κ2) is 9.71. The van der Waals surface area contributed by atoms with Crippen LogP contribution in [0.3, 0.4) is 0 Å². The van der Waals surface area contributed by atoms with Gasteiger partial charge in [-0.25, -0.2) is 13.1 Å². The maximum absolute atomic E-state index is 12.5. The summed E-state index contributed by atoms with van der Waals surface area (Å²) >= 11 is 0. The number of nitrogens with one attached hydrogen (secondary N) is 1. The molecule has 1 N–H and O–H groups in total. The molecule has 2 rings (SSSR count). The van der Waals surface area contributed by atoms with Crippen LogP contribution in [0.25, 0.3) is 0 Å². The van der Waals surface area contributed by atoms with E-state index in [1.165, 1.54) is 0 Å². The fourth-order valence-corrected chi connectivity index (χ4v) is 3.79. The third-order valence-electron chi connectivity index (χ3n) is 4.36. The van der Waals surface area contributed by atoms with Crippen LogP contribution in [0.4, 0.5) is 5.69 Å². The zero-order valence-corrected chi connectivity index (χ0v) is 17.6. The van der Waals surface area contributed by atoms with Crippen LogP contribution >= 0.6 is 0 Å². The normalized spacial score (nSPS) is 11.5. The highest BCUT2D eigenvalue weighted by Gasteiger charge is 2.15. The Balaban J connectivity index is 1.96. The molecule has 0 atom stereocenters. The van der Waals surface area contributed by atoms with Crippen molar-refractivity contribution in [2.45, 2.75) is 31.6 Å². The minimum Gasteiger partial charge on any atom is -0.497 e. The lowest BCUT2D eigenvalue weighted by Crippen LogP contribution is -2.27. The van der Waals surface area contributed by atoms with Crippen LogP contribution in [0.15, 0.2) is 53.4 Å². The lowest BCUT2D eigenvalue weighted by atomic mass is 10.1. The molecular weight excluding hydrogens is 376 g/mol. The lowest BCUT2D eigenvalue weighted by Gasteiger charge is -2.18. The Kier molecular flexibility index (Phi) is 7.60. The topological polar surface area (TPSA) is 75.7 Å². The number of carbonyl (C=O) groups excluding carboxylic acids is 1. The predicted octanol–water partition coefficient (Wildman–Crippen LogP) is 3.23. The number of aryl methyl sites for hydroxylation is 1. The van der Waals surface area contributed by atoms with E-state index in [2.05, 4.69) is 4.72 Å². The maximum atomic E-state index is 12.5. The summed E-state index contributed by atoms with van der Waals surface area (Å²) in [5.74, 6) is 0.908. The number of hydrogen-bond acceptors (Lipinski definition) is 4. The molecule has 0 aliphatic carbocycles. The number of benzene rings is 2. The number of amides is 1. The van der Waals surface area contributed by atoms with Crippen molar-refractivity contribution in [3.8, 4) is 5.75 Å². The number of sulfonamides is 1. The number of carbonyl (C=O) groups is 1. The number of nitrogens with zero attached hydrogens (tertiary/aromatic N) is 1. The number of ether oxygens (including phenoxy) is 1. The Morgan fingerprint density at radius 1 is 1.14 bits per heavy atom. The van der Waals surface area contributed by atoms with Gasteiger partial charge in [0.05, 0.1) is 12.0 Å². The molecule has 0 aromatic heterocycles. The van der Waals surface area contributed by atoms with Crippen LogP contribution in [-0.2, 0) is 21.2 Å². The van der Waals surface area contributed by atoms with Gasteiger partial charge in [-0.15, -0.1) is 0 Å². The number of methoxy groups -OCH3 is 1. The molecule has 0 saturated carbocycles. The van der Waals surface area contributed by atoms with Crippen LogP contribution in [0.1, 0.15) is 25.8 Å². The SMILES string of the molecule is COc1cccc(N(C)C(=O)CCc2ccc(S(=O)(=O)NCC(C)C)cc2)c1. The molecule has 28 heavy (non-hydrogen) atoms. The fourth-order valence-electron chi connectivity index (χ4n) is 2.58. The van der Waals surface area contributed by atoms with Gasteiger partial charge in [0.1, 0.15) is 5.75 Å². The molecule has 2 aromatic rings. The minimum atomic E-state index is -3.50. The summed E-state index contributed by atoms with van der Waals surface area (Å²) < 4.78 is 32.2. The summed E-state index contributed by atoms with van der Waals surface area (Å²) in [6.45, 7) is 4.30. The highest BCUT2D eigenvalue weighted by atomic mass is 32.2. The molecule has 0 bridgehead atoms. The van der Waals surface area contributed by atoms with E-state index in [4.69, 9.17) is 4.74 Å². The Labute approximate surface area is 167 Å². The van der Waals surface area contributed by atoms with Crippen LogP contribution in [0.2, 0.25) is 0 Å². The summed E-state index contributed by atoms with van der Waals surface area (Å²) in [7, 11) is -0.181. The maximum Gasteiger partial charge on any atom is 0.240 e. The van der Waals surface area contributed by atoms with E-state index in [1.807, 2.05) is 38.1 Å². The van der Waals surface area contributed by atoms with Crippen molar-refractivity contribution in [3.05, 3.63) is 54.1 Å². The van der Waals surface area contributed by atoms with Gasteiger partial charge < -0.3 is 9.64 Å². The summed E-state index contributed by atoms with van der Waals surface area (Å²) in [5.41, 5.74) is 1.68. The van der Waals surface area contributed by atoms with Crippen molar-refractivity contribution < 1.29 is 17.9 Å². The van der Waals surface area contributed by atoms with E-state index in [0.29, 0.717) is 25.1 Å². The van der Waals surface area contributed by atoms with Crippen molar-refractivity contribution in [2.24, 2.45) is 5.92 Å². The number of rotatable bonds is 9. The molecular formula is C21H28N2O4S. The van der Waals surface area contributed by atoms with Crippen molar-refractivity contribution in [2.75, 3.05) is 25.6 Å². The lowest BCUT2D eigenvalue weighted by molar-refractivity contribution is -0.118. The molecule has 2 aromatic carbocycles. The van der Waals surface area contributed by atoms with E-state index in [-0.39, 0.29) is 16.7 Å². The number of anilines is 1. The third kappa shape index (κ3) is 6.07. The van der Waals surface area contributed by atoms with Gasteiger partial charge in [0.25, 0.3) is 0 Å². The molecule has 0 saturated heterocycles. The zero-order chi connectivity index (χ0) is 20.7. The standard InChI is InChI=1S/C21H28N2O4S/c1-16(2)15-22-28(25,26)20-11-8-17(9-12-20)10-13-21(24)23(3)18-6-5-7-19(14-18)27-4/h5-9,11-12,14,16,22H,10,13,15H2,1-4H3. The molecule has 0 aliphatic rings. The van der Waals surface area contributed by atoms with Gasteiger partial charge in [-0.1, -0.05) is 32.0 Å². The summed E-state index contributed by atoms with van der Waals surface area (Å²) in [5, 5.41) is 0. The largest absolute Gasteiger partial charge is 0.497 e. The second-order valence-corrected chi connectivity index (χ2v) is 8.81. The van der Waals surface area contributed by atoms with Crippen LogP contribution < -0.4 is 14.4 Å². The highest BCUT2D eigenvalue weighted by molar-refractivity contribution is 7.89. The van der Waals surface area contributed by atoms with E-state index in [0.717, 1.165) is 11.3 Å². The van der Waals surface area contributed by atoms with Gasteiger partial charge in [0.2, 0.25) is 15.9 Å². The van der Waals surface area contributed by atoms with Crippen molar-refractivity contribution in [3.63, 3.8) is 0 Å². The summed E-state index contributed by atoms with van der Waals surface area (Å²) in [6.07, 6.45) is 0.859. The monoisotopic (exact) mass is 404 g/mol. The molecule has 1 amide bonds. The molecule has 0 aliphatic heterocycles. The second-order valence-electron chi connectivity index (χ2n) is 7.04. The zero-order valence-electron chi connectivity index (χ0n) is 16.8. The van der Waals surface area contributed by atoms with Crippen LogP contribution in [0.5, 0.6) is 5.75 Å². The number of hydrogen-bond donors (Lipinski definition) is 1. The van der Waals surface area contributed by atoms with Gasteiger partial charge in [0, 0.05) is 31.8 Å². The van der Waals surface area contributed by atoms with Gasteiger partial charge in [-0.3, -0.25) is 4.79 Å². The molecule has 0 radical (unpaired) electrons. The summed E-state index contributed by atoms with van der Waals surface area (Å²) in [6, 6.07) is 14.0.